The average molecular weight is 287 g/mol. The van der Waals surface area contributed by atoms with Gasteiger partial charge in [0, 0.05) is 4.88 Å². The summed E-state index contributed by atoms with van der Waals surface area (Å²) in [5, 5.41) is 10.9. The number of imide groups is 1. The second kappa shape index (κ2) is 4.79. The van der Waals surface area contributed by atoms with E-state index in [0.717, 1.165) is 0 Å². The number of nitrogens with one attached hydrogen (secondary N) is 1. The number of carboxylic acid groups (broad SMARTS) is 1. The van der Waals surface area contributed by atoms with Gasteiger partial charge < -0.3 is 10.4 Å². The van der Waals surface area contributed by atoms with Gasteiger partial charge >= 0.3 is 12.0 Å². The molecule has 0 atom stereocenters. The Morgan fingerprint density at radius 3 is 2.78 bits per heavy atom. The van der Waals surface area contributed by atoms with Crippen LogP contribution in [0.1, 0.15) is 4.88 Å². The molecule has 6 nitrogen and oxygen atoms in total. The number of rotatable bonds is 3. The molecule has 2 heterocycles. The number of thiophene rings is 1. The maximum atomic E-state index is 11.7. The Bertz CT molecular complexity index is 566. The fourth-order valence-electron chi connectivity index (χ4n) is 1.40. The number of carbonyl (C=O) groups is 3. The van der Waals surface area contributed by atoms with Crippen molar-refractivity contribution in [3.63, 3.8) is 0 Å². The lowest BCUT2D eigenvalue weighted by molar-refractivity contribution is -0.140. The van der Waals surface area contributed by atoms with Gasteiger partial charge in [-0.25, -0.2) is 9.69 Å². The van der Waals surface area contributed by atoms with E-state index in [4.69, 9.17) is 16.7 Å². The van der Waals surface area contributed by atoms with Crippen molar-refractivity contribution in [3.8, 4) is 0 Å². The molecule has 0 aliphatic carbocycles. The molecule has 0 bridgehead atoms. The monoisotopic (exact) mass is 286 g/mol. The van der Waals surface area contributed by atoms with Gasteiger partial charge in [-0.05, 0) is 18.2 Å². The Morgan fingerprint density at radius 1 is 1.50 bits per heavy atom. The van der Waals surface area contributed by atoms with Crippen molar-refractivity contribution in [3.05, 3.63) is 27.0 Å². The molecule has 1 saturated heterocycles. The van der Waals surface area contributed by atoms with Crippen molar-refractivity contribution >= 4 is 46.9 Å². The summed E-state index contributed by atoms with van der Waals surface area (Å²) in [6.45, 7) is -0.660. The Kier molecular flexibility index (Phi) is 3.35. The lowest BCUT2D eigenvalue weighted by Gasteiger charge is -2.06. The van der Waals surface area contributed by atoms with Crippen molar-refractivity contribution in [2.45, 2.75) is 0 Å². The number of halogens is 1. The predicted molar refractivity (Wildman–Crippen MR) is 65.2 cm³/mol. The smallest absolute Gasteiger partial charge is 0.329 e. The molecule has 3 amide bonds. The molecule has 0 saturated carbocycles. The zero-order valence-electron chi connectivity index (χ0n) is 8.84. The topological polar surface area (TPSA) is 86.7 Å². The van der Waals surface area contributed by atoms with Gasteiger partial charge in [0.2, 0.25) is 0 Å². The second-order valence-electron chi connectivity index (χ2n) is 3.42. The summed E-state index contributed by atoms with van der Waals surface area (Å²) in [7, 11) is 0. The molecule has 18 heavy (non-hydrogen) atoms. The second-order valence-corrected chi connectivity index (χ2v) is 5.16. The first-order valence-corrected chi connectivity index (χ1v) is 5.98. The number of carboxylic acids is 1. The third-order valence-corrected chi connectivity index (χ3v) is 3.31. The highest BCUT2D eigenvalue weighted by Crippen LogP contribution is 2.24. The van der Waals surface area contributed by atoms with Crippen molar-refractivity contribution in [1.82, 2.24) is 10.2 Å². The fraction of sp³-hybridized carbons (Fsp3) is 0.100. The molecule has 0 radical (unpaired) electrons. The van der Waals surface area contributed by atoms with Crippen molar-refractivity contribution in [2.75, 3.05) is 6.54 Å². The fourth-order valence-corrected chi connectivity index (χ4v) is 2.40. The number of amides is 3. The third kappa shape index (κ3) is 2.52. The quantitative estimate of drug-likeness (QED) is 0.649. The molecule has 0 unspecified atom stereocenters. The van der Waals surface area contributed by atoms with Crippen LogP contribution in [0.25, 0.3) is 6.08 Å². The van der Waals surface area contributed by atoms with Crippen LogP contribution in [0.4, 0.5) is 4.79 Å². The van der Waals surface area contributed by atoms with Gasteiger partial charge in [-0.1, -0.05) is 11.6 Å². The molecule has 0 aromatic carbocycles. The maximum absolute atomic E-state index is 11.7. The molecule has 1 aromatic heterocycles. The zero-order chi connectivity index (χ0) is 13.3. The zero-order valence-corrected chi connectivity index (χ0v) is 10.4. The molecule has 1 aliphatic rings. The standard InChI is InChI=1S/C10H7ClN2O4S/c11-7-2-1-5(18-7)3-6-9(16)13(4-8(14)15)10(17)12-6/h1-3H,4H2,(H,12,17)(H,14,15)/b6-3+. The minimum absolute atomic E-state index is 0.0415. The van der Waals surface area contributed by atoms with E-state index in [1.807, 2.05) is 0 Å². The van der Waals surface area contributed by atoms with Gasteiger partial charge in [0.25, 0.3) is 5.91 Å². The van der Waals surface area contributed by atoms with Crippen LogP contribution in [0.5, 0.6) is 0 Å². The summed E-state index contributed by atoms with van der Waals surface area (Å²) in [6, 6.07) is 2.62. The van der Waals surface area contributed by atoms with Crippen LogP contribution < -0.4 is 5.32 Å². The van der Waals surface area contributed by atoms with Crippen LogP contribution in [-0.2, 0) is 9.59 Å². The van der Waals surface area contributed by atoms with E-state index in [1.165, 1.54) is 17.4 Å². The molecule has 0 spiro atoms. The average Bonchev–Trinajstić information content (AvgIpc) is 2.78. The molecule has 1 fully saturated rings. The highest BCUT2D eigenvalue weighted by atomic mass is 35.5. The number of carbonyl (C=O) groups excluding carboxylic acids is 2. The Balaban J connectivity index is 2.22. The molecule has 2 N–H and O–H groups in total. The Hall–Kier alpha value is -1.86. The van der Waals surface area contributed by atoms with Crippen LogP contribution in [0.15, 0.2) is 17.8 Å². The summed E-state index contributed by atoms with van der Waals surface area (Å²) in [6.07, 6.45) is 1.46. The number of hydrogen-bond acceptors (Lipinski definition) is 4. The van der Waals surface area contributed by atoms with E-state index < -0.39 is 24.5 Å². The highest BCUT2D eigenvalue weighted by molar-refractivity contribution is 7.17. The van der Waals surface area contributed by atoms with E-state index in [9.17, 15) is 14.4 Å². The van der Waals surface area contributed by atoms with Gasteiger partial charge in [0.05, 0.1) is 4.34 Å². The van der Waals surface area contributed by atoms with Crippen LogP contribution in [0, 0.1) is 0 Å². The lowest BCUT2D eigenvalue weighted by atomic mass is 10.3. The highest BCUT2D eigenvalue weighted by Gasteiger charge is 2.34. The van der Waals surface area contributed by atoms with Gasteiger partial charge in [-0.15, -0.1) is 11.3 Å². The molecule has 1 aliphatic heterocycles. The lowest BCUT2D eigenvalue weighted by Crippen LogP contribution is -2.35. The molecule has 8 heteroatoms. The SMILES string of the molecule is O=C(O)CN1C(=O)N/C(=C/c2ccc(Cl)s2)C1=O. The van der Waals surface area contributed by atoms with Gasteiger partial charge in [-0.3, -0.25) is 9.59 Å². The minimum atomic E-state index is -1.25. The summed E-state index contributed by atoms with van der Waals surface area (Å²) in [5.74, 6) is -1.91. The first-order valence-electron chi connectivity index (χ1n) is 4.79. The molecule has 1 aromatic rings. The van der Waals surface area contributed by atoms with E-state index in [-0.39, 0.29) is 5.70 Å². The normalized spacial score (nSPS) is 17.4. The molecule has 94 valence electrons. The van der Waals surface area contributed by atoms with E-state index >= 15 is 0 Å². The van der Waals surface area contributed by atoms with E-state index in [0.29, 0.717) is 14.1 Å². The van der Waals surface area contributed by atoms with Crippen LogP contribution >= 0.6 is 22.9 Å². The minimum Gasteiger partial charge on any atom is -0.480 e. The summed E-state index contributed by atoms with van der Waals surface area (Å²) >= 11 is 6.98. The van der Waals surface area contributed by atoms with E-state index in [1.54, 1.807) is 12.1 Å². The largest absolute Gasteiger partial charge is 0.480 e. The maximum Gasteiger partial charge on any atom is 0.329 e. The molecular formula is C10H7ClN2O4S. The first kappa shape index (κ1) is 12.6. The predicted octanol–water partition coefficient (Wildman–Crippen LogP) is 1.38. The number of aliphatic carboxylic acids is 1. The van der Waals surface area contributed by atoms with Crippen LogP contribution in [0.2, 0.25) is 4.34 Å². The number of hydrogen-bond donors (Lipinski definition) is 2. The number of urea groups is 1. The Labute approximate surface area is 110 Å². The van der Waals surface area contributed by atoms with Crippen molar-refractivity contribution in [1.29, 1.82) is 0 Å². The van der Waals surface area contributed by atoms with E-state index in [2.05, 4.69) is 5.32 Å². The van der Waals surface area contributed by atoms with Gasteiger partial charge in [0.15, 0.2) is 0 Å². The number of nitrogens with zero attached hydrogens (tertiary/aromatic N) is 1. The van der Waals surface area contributed by atoms with Gasteiger partial charge in [-0.2, -0.15) is 0 Å². The van der Waals surface area contributed by atoms with Crippen molar-refractivity contribution < 1.29 is 19.5 Å². The Morgan fingerprint density at radius 2 is 2.22 bits per heavy atom. The van der Waals surface area contributed by atoms with Crippen LogP contribution in [-0.4, -0.2) is 34.5 Å². The third-order valence-electron chi connectivity index (χ3n) is 2.14. The summed E-state index contributed by atoms with van der Waals surface area (Å²) in [4.78, 5) is 35.0. The summed E-state index contributed by atoms with van der Waals surface area (Å²) in [5.41, 5.74) is 0.0415. The van der Waals surface area contributed by atoms with Crippen LogP contribution in [0.3, 0.4) is 0 Å². The van der Waals surface area contributed by atoms with Crippen molar-refractivity contribution in [2.24, 2.45) is 0 Å². The first-order chi connectivity index (χ1) is 8.47. The molecule has 2 rings (SSSR count). The summed E-state index contributed by atoms with van der Waals surface area (Å²) < 4.78 is 0.556. The molecular weight excluding hydrogens is 280 g/mol. The van der Waals surface area contributed by atoms with Gasteiger partial charge in [0.1, 0.15) is 12.2 Å².